The number of aryl methyl sites for hydroxylation is 1. The topological polar surface area (TPSA) is 75.7 Å². The lowest BCUT2D eigenvalue weighted by atomic mass is 10.0. The molecule has 0 spiro atoms. The van der Waals surface area contributed by atoms with E-state index in [1.807, 2.05) is 0 Å². The van der Waals surface area contributed by atoms with Crippen LogP contribution in [-0.2, 0) is 12.8 Å². The maximum atomic E-state index is 7.81. The molecule has 1 heterocycles. The third-order valence-electron chi connectivity index (χ3n) is 3.07. The highest BCUT2D eigenvalue weighted by atomic mass is 32.2. The van der Waals surface area contributed by atoms with Crippen molar-refractivity contribution < 1.29 is 0 Å². The summed E-state index contributed by atoms with van der Waals surface area (Å²) in [6, 6.07) is 0. The van der Waals surface area contributed by atoms with Crippen LogP contribution in [0.5, 0.6) is 0 Å². The van der Waals surface area contributed by atoms with Gasteiger partial charge in [0.15, 0.2) is 0 Å². The molecule has 3 N–H and O–H groups in total. The van der Waals surface area contributed by atoms with Crippen molar-refractivity contribution in [3.8, 4) is 0 Å². The quantitative estimate of drug-likeness (QED) is 0.332. The van der Waals surface area contributed by atoms with E-state index in [2.05, 4.69) is 31.0 Å². The molecule has 0 saturated heterocycles. The van der Waals surface area contributed by atoms with E-state index in [9.17, 15) is 0 Å². The molecule has 0 aromatic carbocycles. The van der Waals surface area contributed by atoms with Crippen molar-refractivity contribution in [1.29, 1.82) is 5.41 Å². The predicted molar refractivity (Wildman–Crippen MR) is 82.1 cm³/mol. The second-order valence-electron chi connectivity index (χ2n) is 4.48. The second-order valence-corrected chi connectivity index (χ2v) is 5.57. The Hall–Kier alpha value is -1.10. The number of aromatic nitrogens is 2. The average Bonchev–Trinajstić information content (AvgIpc) is 2.42. The third-order valence-corrected chi connectivity index (χ3v) is 4.12. The number of nitrogens with one attached hydrogen (secondary N) is 1. The normalized spacial score (nSPS) is 10.7. The molecule has 1 rings (SSSR count). The SMILES string of the molecule is CCCCCSc1nnc(CC)c(CC)c1C(=N)N. The lowest BCUT2D eigenvalue weighted by Gasteiger charge is -2.13. The summed E-state index contributed by atoms with van der Waals surface area (Å²) in [7, 11) is 0. The smallest absolute Gasteiger partial charge is 0.130 e. The molecule has 0 atom stereocenters. The first-order valence-corrected chi connectivity index (χ1v) is 7.99. The van der Waals surface area contributed by atoms with Crippen molar-refractivity contribution in [2.24, 2.45) is 5.73 Å². The van der Waals surface area contributed by atoms with E-state index < -0.39 is 0 Å². The van der Waals surface area contributed by atoms with Gasteiger partial charge in [-0.1, -0.05) is 33.6 Å². The van der Waals surface area contributed by atoms with Crippen molar-refractivity contribution in [2.75, 3.05) is 5.75 Å². The summed E-state index contributed by atoms with van der Waals surface area (Å²) in [5.41, 5.74) is 8.60. The molecule has 4 nitrogen and oxygen atoms in total. The molecule has 5 heteroatoms. The van der Waals surface area contributed by atoms with E-state index in [-0.39, 0.29) is 5.84 Å². The lowest BCUT2D eigenvalue weighted by Crippen LogP contribution is -2.18. The fraction of sp³-hybridized carbons (Fsp3) is 0.643. The summed E-state index contributed by atoms with van der Waals surface area (Å²) in [6.45, 7) is 6.33. The number of nitrogens with zero attached hydrogens (tertiary/aromatic N) is 2. The van der Waals surface area contributed by atoms with Crippen LogP contribution < -0.4 is 5.73 Å². The number of thioether (sulfide) groups is 1. The molecule has 0 unspecified atom stereocenters. The molecule has 0 saturated carbocycles. The first kappa shape index (κ1) is 16.0. The number of hydrogen-bond donors (Lipinski definition) is 2. The molecule has 0 fully saturated rings. The van der Waals surface area contributed by atoms with Crippen LogP contribution in [0.15, 0.2) is 5.03 Å². The van der Waals surface area contributed by atoms with Gasteiger partial charge in [0.2, 0.25) is 0 Å². The van der Waals surface area contributed by atoms with Crippen LogP contribution in [0.25, 0.3) is 0 Å². The van der Waals surface area contributed by atoms with Crippen LogP contribution in [-0.4, -0.2) is 21.8 Å². The molecule has 1 aromatic rings. The Morgan fingerprint density at radius 3 is 2.42 bits per heavy atom. The highest BCUT2D eigenvalue weighted by molar-refractivity contribution is 7.99. The zero-order chi connectivity index (χ0) is 14.3. The lowest BCUT2D eigenvalue weighted by molar-refractivity contribution is 0.775. The van der Waals surface area contributed by atoms with Crippen molar-refractivity contribution >= 4 is 17.6 Å². The zero-order valence-corrected chi connectivity index (χ0v) is 12.9. The Kier molecular flexibility index (Phi) is 6.84. The van der Waals surface area contributed by atoms with Crippen molar-refractivity contribution in [2.45, 2.75) is 57.9 Å². The van der Waals surface area contributed by atoms with Gasteiger partial charge in [-0.25, -0.2) is 0 Å². The van der Waals surface area contributed by atoms with Crippen LogP contribution in [0, 0.1) is 5.41 Å². The van der Waals surface area contributed by atoms with E-state index in [0.29, 0.717) is 0 Å². The molecular formula is C14H24N4S. The summed E-state index contributed by atoms with van der Waals surface area (Å²) in [5, 5.41) is 17.2. The van der Waals surface area contributed by atoms with Crippen LogP contribution in [0.3, 0.4) is 0 Å². The van der Waals surface area contributed by atoms with Gasteiger partial charge in [0.25, 0.3) is 0 Å². The van der Waals surface area contributed by atoms with Crippen molar-refractivity contribution in [3.63, 3.8) is 0 Å². The Bertz CT molecular complexity index is 432. The van der Waals surface area contributed by atoms with Gasteiger partial charge in [-0.3, -0.25) is 5.41 Å². The predicted octanol–water partition coefficient (Wildman–Crippen LogP) is 3.17. The van der Waals surface area contributed by atoms with E-state index in [1.54, 1.807) is 11.8 Å². The first-order valence-electron chi connectivity index (χ1n) is 7.01. The molecule has 19 heavy (non-hydrogen) atoms. The third kappa shape index (κ3) is 4.20. The van der Waals surface area contributed by atoms with Gasteiger partial charge in [-0.15, -0.1) is 16.9 Å². The summed E-state index contributed by atoms with van der Waals surface area (Å²) >= 11 is 1.67. The summed E-state index contributed by atoms with van der Waals surface area (Å²) in [6.07, 6.45) is 5.27. The number of hydrogen-bond acceptors (Lipinski definition) is 4. The average molecular weight is 280 g/mol. The van der Waals surface area contributed by atoms with Crippen LogP contribution in [0.1, 0.15) is 56.9 Å². The number of unbranched alkanes of at least 4 members (excludes halogenated alkanes) is 2. The molecule has 0 bridgehead atoms. The largest absolute Gasteiger partial charge is 0.384 e. The Morgan fingerprint density at radius 2 is 1.89 bits per heavy atom. The van der Waals surface area contributed by atoms with Gasteiger partial charge in [0.05, 0.1) is 11.3 Å². The highest BCUT2D eigenvalue weighted by Gasteiger charge is 2.16. The fourth-order valence-corrected chi connectivity index (χ4v) is 3.07. The minimum atomic E-state index is 0.111. The van der Waals surface area contributed by atoms with Crippen LogP contribution >= 0.6 is 11.8 Å². The highest BCUT2D eigenvalue weighted by Crippen LogP contribution is 2.25. The molecule has 1 aromatic heterocycles. The monoisotopic (exact) mass is 280 g/mol. The number of nitrogens with two attached hydrogens (primary N) is 1. The Balaban J connectivity index is 3.00. The van der Waals surface area contributed by atoms with Gasteiger partial charge < -0.3 is 5.73 Å². The van der Waals surface area contributed by atoms with Gasteiger partial charge in [0.1, 0.15) is 10.9 Å². The summed E-state index contributed by atoms with van der Waals surface area (Å²) in [4.78, 5) is 0. The minimum absolute atomic E-state index is 0.111. The van der Waals surface area contributed by atoms with Gasteiger partial charge >= 0.3 is 0 Å². The van der Waals surface area contributed by atoms with Crippen LogP contribution in [0.4, 0.5) is 0 Å². The first-order chi connectivity index (χ1) is 9.15. The fourth-order valence-electron chi connectivity index (χ4n) is 2.05. The van der Waals surface area contributed by atoms with E-state index in [4.69, 9.17) is 11.1 Å². The van der Waals surface area contributed by atoms with Crippen LogP contribution in [0.2, 0.25) is 0 Å². The number of amidine groups is 1. The Labute approximate surface area is 120 Å². The van der Waals surface area contributed by atoms with E-state index >= 15 is 0 Å². The summed E-state index contributed by atoms with van der Waals surface area (Å²) < 4.78 is 0. The molecule has 0 amide bonds. The molecule has 0 radical (unpaired) electrons. The maximum absolute atomic E-state index is 7.81. The Morgan fingerprint density at radius 1 is 1.16 bits per heavy atom. The second kappa shape index (κ2) is 8.15. The van der Waals surface area contributed by atoms with Crippen molar-refractivity contribution in [1.82, 2.24) is 10.2 Å². The van der Waals surface area contributed by atoms with Gasteiger partial charge in [-0.05, 0) is 30.6 Å². The standard InChI is InChI=1S/C14H24N4S/c1-4-7-8-9-19-14-12(13(15)16)10(5-2)11(6-3)17-18-14/h4-9H2,1-3H3,(H3,15,16). The molecule has 0 aliphatic heterocycles. The maximum Gasteiger partial charge on any atom is 0.130 e. The molecular weight excluding hydrogens is 256 g/mol. The number of rotatable bonds is 8. The number of nitrogen functional groups attached to an aromatic ring is 1. The van der Waals surface area contributed by atoms with Gasteiger partial charge in [0, 0.05) is 0 Å². The van der Waals surface area contributed by atoms with Gasteiger partial charge in [-0.2, -0.15) is 5.10 Å². The summed E-state index contributed by atoms with van der Waals surface area (Å²) in [5.74, 6) is 1.12. The molecule has 0 aliphatic rings. The minimum Gasteiger partial charge on any atom is -0.384 e. The zero-order valence-electron chi connectivity index (χ0n) is 12.1. The molecule has 0 aliphatic carbocycles. The molecule has 106 valence electrons. The van der Waals surface area contributed by atoms with E-state index in [1.165, 1.54) is 12.8 Å². The van der Waals surface area contributed by atoms with Crippen molar-refractivity contribution in [3.05, 3.63) is 16.8 Å². The van der Waals surface area contributed by atoms with E-state index in [0.717, 1.165) is 46.9 Å².